The zero-order valence-corrected chi connectivity index (χ0v) is 14.9. The van der Waals surface area contributed by atoms with Crippen molar-refractivity contribution in [3.8, 4) is 0 Å². The number of nitrogens with one attached hydrogen (secondary N) is 2. The fraction of sp³-hybridized carbons (Fsp3) is 0.353. The van der Waals surface area contributed by atoms with Gasteiger partial charge in [-0.05, 0) is 24.6 Å². The molecule has 0 radical (unpaired) electrons. The molecule has 2 amide bonds. The normalized spacial score (nSPS) is 19.7. The van der Waals surface area contributed by atoms with E-state index in [0.717, 1.165) is 12.1 Å². The number of methoxy groups -OCH3 is 2. The Morgan fingerprint density at radius 3 is 2.54 bits per heavy atom. The van der Waals surface area contributed by atoms with Crippen molar-refractivity contribution in [3.63, 3.8) is 0 Å². The first-order valence-corrected chi connectivity index (χ1v) is 8.08. The van der Waals surface area contributed by atoms with Gasteiger partial charge in [0.1, 0.15) is 5.82 Å². The second-order valence-electron chi connectivity index (χ2n) is 5.63. The fourth-order valence-electron chi connectivity index (χ4n) is 2.56. The summed E-state index contributed by atoms with van der Waals surface area (Å²) in [6, 6.07) is 3.06. The second kappa shape index (κ2) is 8.77. The molecule has 0 saturated heterocycles. The van der Waals surface area contributed by atoms with Crippen molar-refractivity contribution in [2.75, 3.05) is 19.5 Å². The van der Waals surface area contributed by atoms with Crippen molar-refractivity contribution in [2.24, 2.45) is 5.92 Å². The number of ether oxygens (including phenoxy) is 2. The van der Waals surface area contributed by atoms with E-state index in [1.807, 2.05) is 0 Å². The fourth-order valence-corrected chi connectivity index (χ4v) is 2.78. The van der Waals surface area contributed by atoms with Gasteiger partial charge in [0.25, 0.3) is 11.8 Å². The largest absolute Gasteiger partial charge is 0.469 e. The van der Waals surface area contributed by atoms with Crippen LogP contribution < -0.4 is 10.6 Å². The smallest absolute Gasteiger partial charge is 0.312 e. The van der Waals surface area contributed by atoms with E-state index < -0.39 is 41.7 Å². The zero-order valence-electron chi connectivity index (χ0n) is 14.1. The molecule has 26 heavy (non-hydrogen) atoms. The molecule has 0 aliphatic heterocycles. The number of rotatable bonds is 6. The van der Waals surface area contributed by atoms with Gasteiger partial charge in [-0.1, -0.05) is 23.8 Å². The van der Waals surface area contributed by atoms with Crippen molar-refractivity contribution in [2.45, 2.75) is 18.6 Å². The molecule has 140 valence electrons. The number of hydrogen-bond acceptors (Lipinski definition) is 5. The van der Waals surface area contributed by atoms with Gasteiger partial charge in [-0.3, -0.25) is 14.4 Å². The highest BCUT2D eigenvalue weighted by Gasteiger charge is 2.31. The Hall–Kier alpha value is -2.45. The highest BCUT2D eigenvalue weighted by molar-refractivity contribution is 6.31. The van der Waals surface area contributed by atoms with Gasteiger partial charge in [0.05, 0.1) is 13.0 Å². The topological polar surface area (TPSA) is 93.7 Å². The van der Waals surface area contributed by atoms with E-state index >= 15 is 0 Å². The summed E-state index contributed by atoms with van der Waals surface area (Å²) >= 11 is 5.73. The first-order chi connectivity index (χ1) is 12.3. The summed E-state index contributed by atoms with van der Waals surface area (Å²) < 4.78 is 22.9. The summed E-state index contributed by atoms with van der Waals surface area (Å²) in [5.41, 5.74) is 0.0985. The summed E-state index contributed by atoms with van der Waals surface area (Å²) in [5.74, 6) is -2.95. The van der Waals surface area contributed by atoms with E-state index in [9.17, 15) is 18.8 Å². The Labute approximate surface area is 154 Å². The van der Waals surface area contributed by atoms with Crippen LogP contribution in [0, 0.1) is 11.7 Å². The lowest BCUT2D eigenvalue weighted by Crippen LogP contribution is -2.47. The molecule has 9 heteroatoms. The van der Waals surface area contributed by atoms with Crippen LogP contribution in [0.1, 0.15) is 6.42 Å². The number of esters is 1. The molecule has 0 spiro atoms. The molecular formula is C17H18ClFN2O5. The number of carbonyl (C=O) groups is 3. The van der Waals surface area contributed by atoms with Gasteiger partial charge < -0.3 is 20.1 Å². The minimum absolute atomic E-state index is 0.0985. The number of halogens is 2. The first kappa shape index (κ1) is 19.9. The Bertz CT molecular complexity index is 720. The molecule has 1 aromatic rings. The molecule has 0 saturated carbocycles. The Balaban J connectivity index is 1.96. The highest BCUT2D eigenvalue weighted by Crippen LogP contribution is 2.20. The number of benzene rings is 1. The standard InChI is InChI=1S/C17H18ClFN2O5/c1-25-14(16(23)21-13-7-10(18)6-11(19)8-13)15(22)20-12-4-3-9(5-12)17(24)26-2/h3-4,6-9,12,14H,5H2,1-2H3,(H,20,22)(H,21,23)/t9-,12+,14?/m1/s1. The lowest BCUT2D eigenvalue weighted by atomic mass is 10.1. The minimum Gasteiger partial charge on any atom is -0.469 e. The van der Waals surface area contributed by atoms with Gasteiger partial charge in [0.2, 0.25) is 6.10 Å². The molecule has 0 fully saturated rings. The SMILES string of the molecule is COC(=O)[C@@H]1C=C[C@H](NC(=O)C(OC)C(=O)Nc2cc(F)cc(Cl)c2)C1. The van der Waals surface area contributed by atoms with Crippen LogP contribution in [0.4, 0.5) is 10.1 Å². The van der Waals surface area contributed by atoms with Crippen LogP contribution in [0.25, 0.3) is 0 Å². The molecule has 1 aliphatic carbocycles. The van der Waals surface area contributed by atoms with Gasteiger partial charge in [0.15, 0.2) is 0 Å². The van der Waals surface area contributed by atoms with Gasteiger partial charge in [-0.15, -0.1) is 0 Å². The van der Waals surface area contributed by atoms with E-state index in [4.69, 9.17) is 16.3 Å². The number of anilines is 1. The molecule has 0 bridgehead atoms. The van der Waals surface area contributed by atoms with Crippen LogP contribution in [-0.2, 0) is 23.9 Å². The van der Waals surface area contributed by atoms with Crippen LogP contribution in [-0.4, -0.2) is 44.1 Å². The van der Waals surface area contributed by atoms with Gasteiger partial charge >= 0.3 is 5.97 Å². The Morgan fingerprint density at radius 1 is 1.19 bits per heavy atom. The predicted octanol–water partition coefficient (Wildman–Crippen LogP) is 1.67. The van der Waals surface area contributed by atoms with Crippen LogP contribution in [0.2, 0.25) is 5.02 Å². The Kier molecular flexibility index (Phi) is 6.70. The van der Waals surface area contributed by atoms with Crippen molar-refractivity contribution < 1.29 is 28.2 Å². The zero-order chi connectivity index (χ0) is 19.3. The minimum atomic E-state index is -1.46. The predicted molar refractivity (Wildman–Crippen MR) is 92.0 cm³/mol. The first-order valence-electron chi connectivity index (χ1n) is 7.70. The molecule has 1 aliphatic rings. The molecular weight excluding hydrogens is 367 g/mol. The van der Waals surface area contributed by atoms with E-state index in [1.54, 1.807) is 12.2 Å². The molecule has 7 nitrogen and oxygen atoms in total. The van der Waals surface area contributed by atoms with E-state index in [2.05, 4.69) is 15.4 Å². The average Bonchev–Trinajstić information content (AvgIpc) is 3.02. The van der Waals surface area contributed by atoms with E-state index in [-0.39, 0.29) is 10.7 Å². The summed E-state index contributed by atoms with van der Waals surface area (Å²) in [6.07, 6.45) is 2.16. The van der Waals surface area contributed by atoms with Crippen molar-refractivity contribution in [3.05, 3.63) is 41.2 Å². The molecule has 2 N–H and O–H groups in total. The number of amides is 2. The third kappa shape index (κ3) is 5.03. The Morgan fingerprint density at radius 2 is 1.92 bits per heavy atom. The number of hydrogen-bond donors (Lipinski definition) is 2. The maximum atomic E-state index is 13.3. The lowest BCUT2D eigenvalue weighted by molar-refractivity contribution is -0.144. The maximum Gasteiger partial charge on any atom is 0.312 e. The van der Waals surface area contributed by atoms with Crippen molar-refractivity contribution >= 4 is 35.1 Å². The van der Waals surface area contributed by atoms with Gasteiger partial charge in [-0.2, -0.15) is 0 Å². The summed E-state index contributed by atoms with van der Waals surface area (Å²) in [7, 11) is 2.48. The van der Waals surface area contributed by atoms with Crippen LogP contribution in [0.3, 0.4) is 0 Å². The molecule has 3 atom stereocenters. The van der Waals surface area contributed by atoms with Crippen LogP contribution >= 0.6 is 11.6 Å². The van der Waals surface area contributed by atoms with Gasteiger partial charge in [0, 0.05) is 23.9 Å². The third-order valence-corrected chi connectivity index (χ3v) is 3.98. The third-order valence-electron chi connectivity index (χ3n) is 3.76. The molecule has 1 unspecified atom stereocenters. The average molecular weight is 385 g/mol. The molecule has 1 aromatic carbocycles. The molecule has 0 heterocycles. The second-order valence-corrected chi connectivity index (χ2v) is 6.06. The lowest BCUT2D eigenvalue weighted by Gasteiger charge is -2.18. The summed E-state index contributed by atoms with van der Waals surface area (Å²) in [6.45, 7) is 0. The van der Waals surface area contributed by atoms with Crippen molar-refractivity contribution in [1.29, 1.82) is 0 Å². The summed E-state index contributed by atoms with van der Waals surface area (Å²) in [4.78, 5) is 36.0. The van der Waals surface area contributed by atoms with Crippen LogP contribution in [0.15, 0.2) is 30.4 Å². The highest BCUT2D eigenvalue weighted by atomic mass is 35.5. The quantitative estimate of drug-likeness (QED) is 0.442. The number of carbonyl (C=O) groups excluding carboxylic acids is 3. The molecule has 2 rings (SSSR count). The van der Waals surface area contributed by atoms with Crippen molar-refractivity contribution in [1.82, 2.24) is 5.32 Å². The van der Waals surface area contributed by atoms with Crippen LogP contribution in [0.5, 0.6) is 0 Å². The maximum absolute atomic E-state index is 13.3. The summed E-state index contributed by atoms with van der Waals surface area (Å²) in [5, 5.41) is 5.08. The van der Waals surface area contributed by atoms with Gasteiger partial charge in [-0.25, -0.2) is 4.39 Å². The molecule has 0 aromatic heterocycles. The van der Waals surface area contributed by atoms with E-state index in [0.29, 0.717) is 6.42 Å². The monoisotopic (exact) mass is 384 g/mol. The van der Waals surface area contributed by atoms with E-state index in [1.165, 1.54) is 20.3 Å².